The second-order valence-electron chi connectivity index (χ2n) is 9.87. The molecule has 0 radical (unpaired) electrons. The van der Waals surface area contributed by atoms with Gasteiger partial charge >= 0.3 is 6.03 Å². The summed E-state index contributed by atoms with van der Waals surface area (Å²) in [6.07, 6.45) is 1.59. The van der Waals surface area contributed by atoms with Crippen LogP contribution in [0.4, 0.5) is 10.5 Å². The van der Waals surface area contributed by atoms with Crippen LogP contribution < -0.4 is 15.4 Å². The molecule has 2 N–H and O–H groups in total. The van der Waals surface area contributed by atoms with Gasteiger partial charge in [-0.2, -0.15) is 0 Å². The molecule has 1 aliphatic heterocycles. The number of hydrogen-bond acceptors (Lipinski definition) is 4. The van der Waals surface area contributed by atoms with Crippen molar-refractivity contribution in [2.24, 2.45) is 5.92 Å². The van der Waals surface area contributed by atoms with Gasteiger partial charge in [0.1, 0.15) is 17.8 Å². The van der Waals surface area contributed by atoms with E-state index in [1.165, 1.54) is 0 Å². The number of nitrogens with one attached hydrogen (secondary N) is 2. The average Bonchev–Trinajstić information content (AvgIpc) is 3.09. The van der Waals surface area contributed by atoms with Crippen LogP contribution >= 0.6 is 0 Å². The van der Waals surface area contributed by atoms with Crippen molar-refractivity contribution in [2.45, 2.75) is 39.2 Å². The lowest BCUT2D eigenvalue weighted by molar-refractivity contribution is -0.133. The molecule has 1 heterocycles. The van der Waals surface area contributed by atoms with Crippen LogP contribution in [0.3, 0.4) is 0 Å². The number of para-hydroxylation sites is 1. The fraction of sp³-hybridized carbons (Fsp3) is 0.300. The van der Waals surface area contributed by atoms with Gasteiger partial charge in [0.05, 0.1) is 6.61 Å². The Morgan fingerprint density at radius 2 is 1.65 bits per heavy atom. The van der Waals surface area contributed by atoms with Crippen LogP contribution in [0.2, 0.25) is 0 Å². The highest BCUT2D eigenvalue weighted by Crippen LogP contribution is 2.30. The number of urea groups is 1. The molecule has 3 aromatic rings. The number of hydrogen-bond donors (Lipinski definition) is 2. The molecule has 0 bridgehead atoms. The third-order valence-electron chi connectivity index (χ3n) is 6.50. The van der Waals surface area contributed by atoms with Gasteiger partial charge in [0.25, 0.3) is 5.91 Å². The molecule has 1 unspecified atom stereocenters. The largest absolute Gasteiger partial charge is 0.494 e. The maximum absolute atomic E-state index is 13.3. The first-order valence-corrected chi connectivity index (χ1v) is 12.6. The molecule has 1 atom stereocenters. The summed E-state index contributed by atoms with van der Waals surface area (Å²) in [5.41, 5.74) is 2.07. The minimum Gasteiger partial charge on any atom is -0.494 e. The molecule has 4 amide bonds. The number of amides is 4. The molecular formula is C30H33N3O4. The first-order chi connectivity index (χ1) is 17.8. The Hall–Kier alpha value is -4.13. The maximum atomic E-state index is 13.3. The highest BCUT2D eigenvalue weighted by atomic mass is 16.5. The van der Waals surface area contributed by atoms with Crippen LogP contribution in [-0.4, -0.2) is 35.9 Å². The van der Waals surface area contributed by atoms with Gasteiger partial charge in [-0.1, -0.05) is 74.5 Å². The van der Waals surface area contributed by atoms with Crippen LogP contribution in [0.25, 0.3) is 0 Å². The van der Waals surface area contributed by atoms with Crippen molar-refractivity contribution in [3.05, 3.63) is 95.6 Å². The molecule has 0 aromatic heterocycles. The zero-order chi connectivity index (χ0) is 26.4. The van der Waals surface area contributed by atoms with E-state index in [2.05, 4.69) is 24.5 Å². The molecule has 1 aliphatic rings. The number of carbonyl (C=O) groups is 3. The zero-order valence-electron chi connectivity index (χ0n) is 21.5. The normalized spacial score (nSPS) is 17.1. The van der Waals surface area contributed by atoms with Crippen molar-refractivity contribution in [1.29, 1.82) is 0 Å². The molecule has 0 aliphatic carbocycles. The number of anilines is 1. The van der Waals surface area contributed by atoms with E-state index in [0.717, 1.165) is 22.4 Å². The van der Waals surface area contributed by atoms with Crippen LogP contribution in [0.15, 0.2) is 78.9 Å². The molecule has 192 valence electrons. The van der Waals surface area contributed by atoms with Gasteiger partial charge in [0, 0.05) is 5.69 Å². The van der Waals surface area contributed by atoms with Crippen LogP contribution in [0.1, 0.15) is 43.9 Å². The van der Waals surface area contributed by atoms with E-state index in [4.69, 9.17) is 4.74 Å². The fourth-order valence-corrected chi connectivity index (χ4v) is 4.28. The predicted molar refractivity (Wildman–Crippen MR) is 143 cm³/mol. The Balaban J connectivity index is 1.41. The summed E-state index contributed by atoms with van der Waals surface area (Å²) in [5.74, 6) is 0.334. The Morgan fingerprint density at radius 1 is 0.973 bits per heavy atom. The van der Waals surface area contributed by atoms with Gasteiger partial charge < -0.3 is 15.4 Å². The monoisotopic (exact) mass is 499 g/mol. The first-order valence-electron chi connectivity index (χ1n) is 12.6. The van der Waals surface area contributed by atoms with Crippen molar-refractivity contribution in [3.63, 3.8) is 0 Å². The average molecular weight is 500 g/mol. The van der Waals surface area contributed by atoms with E-state index in [1.54, 1.807) is 31.2 Å². The Kier molecular flexibility index (Phi) is 7.92. The van der Waals surface area contributed by atoms with E-state index < -0.39 is 23.4 Å². The number of carbonyl (C=O) groups excluding carboxylic acids is 3. The third-order valence-corrected chi connectivity index (χ3v) is 6.50. The SMILES string of the molecule is CC(C)CCOc1ccc(C2(C)NC(=O)N(CC(=O)Nc3ccccc3Cc3ccccc3)C2=O)cc1. The number of imide groups is 1. The van der Waals surface area contributed by atoms with E-state index in [0.29, 0.717) is 35.9 Å². The van der Waals surface area contributed by atoms with E-state index >= 15 is 0 Å². The number of benzene rings is 3. The highest BCUT2D eigenvalue weighted by Gasteiger charge is 2.49. The van der Waals surface area contributed by atoms with Crippen molar-refractivity contribution >= 4 is 23.5 Å². The zero-order valence-corrected chi connectivity index (χ0v) is 21.5. The van der Waals surface area contributed by atoms with Crippen molar-refractivity contribution in [3.8, 4) is 5.75 Å². The molecule has 0 saturated carbocycles. The molecule has 4 rings (SSSR count). The van der Waals surface area contributed by atoms with E-state index in [9.17, 15) is 14.4 Å². The Morgan fingerprint density at radius 3 is 2.35 bits per heavy atom. The molecule has 3 aromatic carbocycles. The summed E-state index contributed by atoms with van der Waals surface area (Å²) < 4.78 is 5.76. The lowest BCUT2D eigenvalue weighted by Gasteiger charge is -2.22. The second-order valence-corrected chi connectivity index (χ2v) is 9.87. The van der Waals surface area contributed by atoms with E-state index in [1.807, 2.05) is 54.6 Å². The van der Waals surface area contributed by atoms with Gasteiger partial charge in [-0.3, -0.25) is 14.5 Å². The summed E-state index contributed by atoms with van der Waals surface area (Å²) in [7, 11) is 0. The summed E-state index contributed by atoms with van der Waals surface area (Å²) in [5, 5.41) is 5.63. The van der Waals surface area contributed by atoms with Crippen molar-refractivity contribution < 1.29 is 19.1 Å². The van der Waals surface area contributed by atoms with Crippen LogP contribution in [0.5, 0.6) is 5.75 Å². The third kappa shape index (κ3) is 6.17. The van der Waals surface area contributed by atoms with Crippen molar-refractivity contribution in [1.82, 2.24) is 10.2 Å². The molecular weight excluding hydrogens is 466 g/mol. The smallest absolute Gasteiger partial charge is 0.325 e. The molecule has 7 heteroatoms. The van der Waals surface area contributed by atoms with Gasteiger partial charge in [-0.15, -0.1) is 0 Å². The van der Waals surface area contributed by atoms with E-state index in [-0.39, 0.29) is 6.54 Å². The summed E-state index contributed by atoms with van der Waals surface area (Å²) in [6, 6.07) is 24.0. The molecule has 1 saturated heterocycles. The Labute approximate surface area is 217 Å². The van der Waals surface area contributed by atoms with Gasteiger partial charge in [0.15, 0.2) is 0 Å². The molecule has 7 nitrogen and oxygen atoms in total. The summed E-state index contributed by atoms with van der Waals surface area (Å²) in [6.45, 7) is 6.15. The summed E-state index contributed by atoms with van der Waals surface area (Å²) >= 11 is 0. The van der Waals surface area contributed by atoms with Crippen LogP contribution in [0, 0.1) is 5.92 Å². The molecule has 0 spiro atoms. The number of rotatable bonds is 10. The molecule has 37 heavy (non-hydrogen) atoms. The fourth-order valence-electron chi connectivity index (χ4n) is 4.28. The minimum atomic E-state index is -1.26. The van der Waals surface area contributed by atoms with Gasteiger partial charge in [-0.25, -0.2) is 4.79 Å². The lowest BCUT2D eigenvalue weighted by Crippen LogP contribution is -2.42. The standard InChI is InChI=1S/C30H33N3O4/c1-21(2)17-18-37-25-15-13-24(14-16-25)30(3)28(35)33(29(36)32-30)20-27(34)31-26-12-8-7-11-23(26)19-22-9-5-4-6-10-22/h4-16,21H,17-20H2,1-3H3,(H,31,34)(H,32,36). The quantitative estimate of drug-likeness (QED) is 0.380. The topological polar surface area (TPSA) is 87.7 Å². The number of nitrogens with zero attached hydrogens (tertiary/aromatic N) is 1. The second kappa shape index (κ2) is 11.3. The molecule has 1 fully saturated rings. The first kappa shape index (κ1) is 25.9. The van der Waals surface area contributed by atoms with Gasteiger partial charge in [-0.05, 0) is 60.6 Å². The van der Waals surface area contributed by atoms with Gasteiger partial charge in [0.2, 0.25) is 5.91 Å². The predicted octanol–water partition coefficient (Wildman–Crippen LogP) is 5.11. The van der Waals surface area contributed by atoms with Crippen molar-refractivity contribution in [2.75, 3.05) is 18.5 Å². The maximum Gasteiger partial charge on any atom is 0.325 e. The lowest BCUT2D eigenvalue weighted by atomic mass is 9.92. The summed E-state index contributed by atoms with van der Waals surface area (Å²) in [4.78, 5) is 39.9. The minimum absolute atomic E-state index is 0.379. The van der Waals surface area contributed by atoms with Crippen LogP contribution in [-0.2, 0) is 21.5 Å². The highest BCUT2D eigenvalue weighted by molar-refractivity contribution is 6.10. The number of ether oxygens (including phenoxy) is 1. The Bertz CT molecular complexity index is 1260.